The Morgan fingerprint density at radius 2 is 0.953 bits per heavy atom. The third-order valence-electron chi connectivity index (χ3n) is 5.43. The van der Waals surface area contributed by atoms with Crippen molar-refractivity contribution >= 4 is 11.9 Å². The summed E-state index contributed by atoms with van der Waals surface area (Å²) < 4.78 is 40.4. The summed E-state index contributed by atoms with van der Waals surface area (Å²) >= 11 is 0. The number of esters is 2. The molecule has 0 saturated heterocycles. The standard InChI is InChI=1S/C13H26O5.C9H18O5.C7H16O4/c1-6-10(8-14)18-12(16-5)9-17-11(15)7-13(2,3)4;1-4-8(5-10)14-9(12-3)6-13-7(2)11;1-3-6(4-8)11-7(5-9)10-2/h10,12,14H,6-9H2,1-5H3;8-10H,4-6H2,1-3H3;6-9H,3-5H2,1-2H3. The van der Waals surface area contributed by atoms with E-state index < -0.39 is 18.9 Å². The van der Waals surface area contributed by atoms with Crippen molar-refractivity contribution in [3.05, 3.63) is 0 Å². The second kappa shape index (κ2) is 29.3. The summed E-state index contributed by atoms with van der Waals surface area (Å²) in [6.07, 6.45) is -0.285. The van der Waals surface area contributed by atoms with Gasteiger partial charge in [0.05, 0.1) is 51.2 Å². The molecule has 14 heteroatoms. The van der Waals surface area contributed by atoms with E-state index in [0.29, 0.717) is 25.7 Å². The van der Waals surface area contributed by atoms with Gasteiger partial charge in [0.25, 0.3) is 0 Å². The van der Waals surface area contributed by atoms with Crippen molar-refractivity contribution in [3.8, 4) is 0 Å². The van der Waals surface area contributed by atoms with Crippen molar-refractivity contribution in [2.45, 2.75) is 111 Å². The molecule has 6 atom stereocenters. The van der Waals surface area contributed by atoms with Gasteiger partial charge < -0.3 is 58.3 Å². The Morgan fingerprint density at radius 3 is 1.21 bits per heavy atom. The minimum atomic E-state index is -0.633. The van der Waals surface area contributed by atoms with Gasteiger partial charge in [-0.15, -0.1) is 0 Å². The molecule has 0 bridgehead atoms. The molecule has 0 saturated carbocycles. The molecule has 260 valence electrons. The van der Waals surface area contributed by atoms with E-state index in [1.54, 1.807) is 0 Å². The van der Waals surface area contributed by atoms with Gasteiger partial charge in [-0.1, -0.05) is 41.5 Å². The molecule has 0 fully saturated rings. The molecule has 0 spiro atoms. The highest BCUT2D eigenvalue weighted by Crippen LogP contribution is 2.19. The molecule has 0 heterocycles. The third-order valence-corrected chi connectivity index (χ3v) is 5.43. The van der Waals surface area contributed by atoms with Crippen LogP contribution in [-0.4, -0.2) is 131 Å². The van der Waals surface area contributed by atoms with Crippen LogP contribution in [0.3, 0.4) is 0 Å². The molecule has 4 N–H and O–H groups in total. The Morgan fingerprint density at radius 1 is 0.605 bits per heavy atom. The van der Waals surface area contributed by atoms with Gasteiger partial charge in [0.1, 0.15) is 13.2 Å². The Bertz CT molecular complexity index is 617. The number of aliphatic hydroxyl groups excluding tert-OH is 4. The summed E-state index contributed by atoms with van der Waals surface area (Å²) in [4.78, 5) is 22.0. The van der Waals surface area contributed by atoms with Gasteiger partial charge in [-0.3, -0.25) is 9.59 Å². The second-order valence-corrected chi connectivity index (χ2v) is 10.4. The highest BCUT2D eigenvalue weighted by atomic mass is 16.7. The second-order valence-electron chi connectivity index (χ2n) is 10.4. The Labute approximate surface area is 257 Å². The van der Waals surface area contributed by atoms with Crippen LogP contribution in [0.5, 0.6) is 0 Å². The first-order valence-corrected chi connectivity index (χ1v) is 14.5. The summed E-state index contributed by atoms with van der Waals surface area (Å²) in [5.41, 5.74) is -0.0996. The summed E-state index contributed by atoms with van der Waals surface area (Å²) in [5.74, 6) is -0.655. The van der Waals surface area contributed by atoms with E-state index in [-0.39, 0.29) is 75.3 Å². The maximum atomic E-state index is 11.5. The van der Waals surface area contributed by atoms with Crippen molar-refractivity contribution in [3.63, 3.8) is 0 Å². The van der Waals surface area contributed by atoms with Gasteiger partial charge >= 0.3 is 11.9 Å². The molecule has 0 rings (SSSR count). The van der Waals surface area contributed by atoms with Crippen LogP contribution in [0.2, 0.25) is 0 Å². The van der Waals surface area contributed by atoms with Crippen molar-refractivity contribution in [2.75, 3.05) is 61.0 Å². The van der Waals surface area contributed by atoms with Crippen LogP contribution in [0, 0.1) is 5.41 Å². The predicted molar refractivity (Wildman–Crippen MR) is 158 cm³/mol. The number of hydrogen-bond donors (Lipinski definition) is 4. The van der Waals surface area contributed by atoms with E-state index in [1.807, 2.05) is 41.5 Å². The quantitative estimate of drug-likeness (QED) is 0.106. The normalized spacial score (nSPS) is 15.4. The van der Waals surface area contributed by atoms with Crippen LogP contribution >= 0.6 is 0 Å². The number of rotatable bonds is 21. The number of methoxy groups -OCH3 is 3. The SMILES string of the molecule is CCC(CO)OC(CO)OC.CCC(CO)OC(COC(=O)CC(C)(C)C)OC.CCC(CO)OC(COC(C)=O)OC. The van der Waals surface area contributed by atoms with E-state index in [2.05, 4.69) is 0 Å². The van der Waals surface area contributed by atoms with Gasteiger partial charge in [-0.05, 0) is 24.7 Å². The van der Waals surface area contributed by atoms with Gasteiger partial charge in [0.15, 0.2) is 18.9 Å². The Balaban J connectivity index is -0.000000576. The topological polar surface area (TPSA) is 189 Å². The molecule has 14 nitrogen and oxygen atoms in total. The first-order valence-electron chi connectivity index (χ1n) is 14.5. The van der Waals surface area contributed by atoms with Gasteiger partial charge in [0, 0.05) is 28.3 Å². The van der Waals surface area contributed by atoms with E-state index in [0.717, 1.165) is 0 Å². The highest BCUT2D eigenvalue weighted by Gasteiger charge is 2.20. The molecular weight excluding hydrogens is 572 g/mol. The van der Waals surface area contributed by atoms with Crippen LogP contribution in [0.15, 0.2) is 0 Å². The zero-order valence-corrected chi connectivity index (χ0v) is 27.9. The highest BCUT2D eigenvalue weighted by molar-refractivity contribution is 5.70. The van der Waals surface area contributed by atoms with E-state index >= 15 is 0 Å². The Kier molecular flexibility index (Phi) is 31.3. The van der Waals surface area contributed by atoms with E-state index in [1.165, 1.54) is 28.3 Å². The third kappa shape index (κ3) is 29.0. The molecule has 0 aliphatic rings. The lowest BCUT2D eigenvalue weighted by atomic mass is 9.93. The molecule has 0 aromatic carbocycles. The Hall–Kier alpha value is -1.46. The minimum Gasteiger partial charge on any atom is -0.460 e. The van der Waals surface area contributed by atoms with Gasteiger partial charge in [-0.2, -0.15) is 0 Å². The van der Waals surface area contributed by atoms with Crippen LogP contribution in [0.1, 0.15) is 74.1 Å². The fraction of sp³-hybridized carbons (Fsp3) is 0.931. The summed E-state index contributed by atoms with van der Waals surface area (Å²) in [7, 11) is 4.38. The smallest absolute Gasteiger partial charge is 0.306 e. The fourth-order valence-electron chi connectivity index (χ4n) is 2.78. The van der Waals surface area contributed by atoms with Crippen LogP contribution in [0.4, 0.5) is 0 Å². The van der Waals surface area contributed by atoms with Crippen molar-refractivity contribution in [1.82, 2.24) is 0 Å². The number of carbonyl (C=O) groups is 2. The molecule has 0 amide bonds. The van der Waals surface area contributed by atoms with Gasteiger partial charge in [-0.25, -0.2) is 0 Å². The van der Waals surface area contributed by atoms with Crippen LogP contribution in [-0.2, 0) is 47.5 Å². The summed E-state index contributed by atoms with van der Waals surface area (Å²) in [5, 5.41) is 35.2. The average Bonchev–Trinajstić information content (AvgIpc) is 2.98. The minimum absolute atomic E-state index is 0.0436. The lowest BCUT2D eigenvalue weighted by molar-refractivity contribution is -0.195. The van der Waals surface area contributed by atoms with Crippen LogP contribution < -0.4 is 0 Å². The molecule has 43 heavy (non-hydrogen) atoms. The molecular formula is C29H60O14. The fourth-order valence-corrected chi connectivity index (χ4v) is 2.78. The maximum absolute atomic E-state index is 11.5. The monoisotopic (exact) mass is 632 g/mol. The van der Waals surface area contributed by atoms with E-state index in [4.69, 9.17) is 58.3 Å². The number of aliphatic hydroxyl groups is 4. The maximum Gasteiger partial charge on any atom is 0.306 e. The zero-order valence-electron chi connectivity index (χ0n) is 27.9. The number of ether oxygens (including phenoxy) is 8. The molecule has 0 aliphatic heterocycles. The van der Waals surface area contributed by atoms with E-state index in [9.17, 15) is 9.59 Å². The first kappa shape index (κ1) is 46.0. The molecule has 0 aromatic rings. The van der Waals surface area contributed by atoms with Crippen molar-refractivity contribution < 1.29 is 67.9 Å². The van der Waals surface area contributed by atoms with Crippen LogP contribution in [0.25, 0.3) is 0 Å². The zero-order chi connectivity index (χ0) is 33.8. The molecule has 0 aromatic heterocycles. The predicted octanol–water partition coefficient (Wildman–Crippen LogP) is 1.77. The van der Waals surface area contributed by atoms with Crippen molar-refractivity contribution in [2.24, 2.45) is 5.41 Å². The number of carbonyl (C=O) groups excluding carboxylic acids is 2. The average molecular weight is 633 g/mol. The first-order chi connectivity index (χ1) is 20.2. The molecule has 6 unspecified atom stereocenters. The molecule has 0 aliphatic carbocycles. The lowest BCUT2D eigenvalue weighted by Crippen LogP contribution is -2.31. The van der Waals surface area contributed by atoms with Gasteiger partial charge in [0.2, 0.25) is 0 Å². The summed E-state index contributed by atoms with van der Waals surface area (Å²) in [6, 6.07) is 0. The van der Waals surface area contributed by atoms with Crippen molar-refractivity contribution in [1.29, 1.82) is 0 Å². The lowest BCUT2D eigenvalue weighted by Gasteiger charge is -2.22. The largest absolute Gasteiger partial charge is 0.460 e. The number of hydrogen-bond acceptors (Lipinski definition) is 14. The molecule has 0 radical (unpaired) electrons. The summed E-state index contributed by atoms with van der Waals surface area (Å²) in [6.45, 7) is 12.6.